The number of alkyl carbamates (subject to hydrolysis) is 1. The summed E-state index contributed by atoms with van der Waals surface area (Å²) in [7, 11) is 0. The molecule has 13 nitrogen and oxygen atoms in total. The van der Waals surface area contributed by atoms with Gasteiger partial charge in [-0.3, -0.25) is 0 Å². The maximum Gasteiger partial charge on any atom is 0.408 e. The molecule has 0 aromatic heterocycles. The maximum absolute atomic E-state index is 13.7. The van der Waals surface area contributed by atoms with Gasteiger partial charge in [-0.1, -0.05) is 93.4 Å². The Morgan fingerprint density at radius 1 is 0.741 bits per heavy atom. The van der Waals surface area contributed by atoms with E-state index in [1.165, 1.54) is 0 Å². The second-order valence-corrected chi connectivity index (χ2v) is 15.4. The minimum atomic E-state index is -1.27. The normalized spacial score (nSPS) is 23.4. The van der Waals surface area contributed by atoms with Crippen molar-refractivity contribution < 1.29 is 57.0 Å². The van der Waals surface area contributed by atoms with Gasteiger partial charge >= 0.3 is 18.0 Å². The number of carbonyl (C=O) groups is 3. The van der Waals surface area contributed by atoms with Crippen LogP contribution < -0.4 is 5.32 Å². The van der Waals surface area contributed by atoms with Gasteiger partial charge in [0.25, 0.3) is 0 Å². The Labute approximate surface area is 341 Å². The van der Waals surface area contributed by atoms with Gasteiger partial charge in [-0.05, 0) is 64.8 Å². The summed E-state index contributed by atoms with van der Waals surface area (Å²) in [5.41, 5.74) is 0.561. The van der Waals surface area contributed by atoms with E-state index >= 15 is 0 Å². The Hall–Kier alpha value is -4.37. The molecule has 316 valence electrons. The number of carbonyl (C=O) groups excluding carboxylic acids is 3. The lowest BCUT2D eigenvalue weighted by Crippen LogP contribution is -2.64. The molecule has 3 aromatic rings. The van der Waals surface area contributed by atoms with Crippen molar-refractivity contribution in [1.29, 1.82) is 0 Å². The summed E-state index contributed by atoms with van der Waals surface area (Å²) in [5.74, 6) is -1.34. The predicted molar refractivity (Wildman–Crippen MR) is 214 cm³/mol. The molecule has 0 radical (unpaired) electrons. The average Bonchev–Trinajstić information content (AvgIpc) is 3.22. The molecule has 0 saturated carbocycles. The van der Waals surface area contributed by atoms with E-state index < -0.39 is 78.9 Å². The van der Waals surface area contributed by atoms with Crippen molar-refractivity contribution in [3.8, 4) is 0 Å². The molecule has 13 heteroatoms. The molecule has 2 fully saturated rings. The fourth-order valence-electron chi connectivity index (χ4n) is 6.58. The van der Waals surface area contributed by atoms with Gasteiger partial charge in [0.1, 0.15) is 36.1 Å². The van der Waals surface area contributed by atoms with Gasteiger partial charge < -0.3 is 47.9 Å². The zero-order valence-corrected chi connectivity index (χ0v) is 34.4. The van der Waals surface area contributed by atoms with Crippen LogP contribution in [-0.4, -0.2) is 99.0 Å². The first-order valence-electron chi connectivity index (χ1n) is 20.3. The molecule has 1 N–H and O–H groups in total. The highest BCUT2D eigenvalue weighted by atomic mass is 16.8. The number of fused-ring (bicyclic) bond motifs is 1. The largest absolute Gasteiger partial charge is 0.455 e. The molecule has 6 unspecified atom stereocenters. The summed E-state index contributed by atoms with van der Waals surface area (Å²) in [5, 5.41) is 2.83. The van der Waals surface area contributed by atoms with E-state index in [1.54, 1.807) is 88.4 Å². The summed E-state index contributed by atoms with van der Waals surface area (Å²) in [6, 6.07) is 25.4. The summed E-state index contributed by atoms with van der Waals surface area (Å²) in [4.78, 5) is 40.5. The standard InChI is InChI=1S/C45H59NO12/c1-7-9-26-50-38-37-35(29-53-42(57-37)33-24-18-13-19-25-33)55-43(39(38)51-27-10-8-2)52-28-34(46-44(49)58-45(4,5)6)36(56-41(48)32-22-16-12-17-23-32)30(3)54-40(47)31-20-14-11-15-21-31/h11-25,30,34-39,42-43H,7-10,26-29H2,1-6H3,(H,46,49)/t30-,34+,35?,36-,37?,38?,39?,42?,43?/m1/s1. The highest BCUT2D eigenvalue weighted by Gasteiger charge is 2.52. The third kappa shape index (κ3) is 13.1. The van der Waals surface area contributed by atoms with Gasteiger partial charge in [-0.15, -0.1) is 0 Å². The number of rotatable bonds is 19. The van der Waals surface area contributed by atoms with Gasteiger partial charge in [0.15, 0.2) is 18.7 Å². The molecule has 2 heterocycles. The number of amides is 1. The lowest BCUT2D eigenvalue weighted by molar-refractivity contribution is -0.371. The third-order valence-electron chi connectivity index (χ3n) is 9.53. The number of hydrogen-bond donors (Lipinski definition) is 1. The summed E-state index contributed by atoms with van der Waals surface area (Å²) >= 11 is 0. The van der Waals surface area contributed by atoms with Gasteiger partial charge in [-0.2, -0.15) is 0 Å². The molecular formula is C45H59NO12. The van der Waals surface area contributed by atoms with Crippen molar-refractivity contribution in [2.24, 2.45) is 0 Å². The minimum absolute atomic E-state index is 0.183. The fraction of sp³-hybridized carbons (Fsp3) is 0.533. The smallest absolute Gasteiger partial charge is 0.408 e. The third-order valence-corrected chi connectivity index (χ3v) is 9.53. The molecule has 0 bridgehead atoms. The van der Waals surface area contributed by atoms with Crippen LogP contribution in [0.2, 0.25) is 0 Å². The predicted octanol–water partition coefficient (Wildman–Crippen LogP) is 7.58. The van der Waals surface area contributed by atoms with E-state index in [2.05, 4.69) is 19.2 Å². The van der Waals surface area contributed by atoms with Crippen LogP contribution in [-0.2, 0) is 42.6 Å². The highest BCUT2D eigenvalue weighted by molar-refractivity contribution is 5.90. The molecule has 2 aliphatic heterocycles. The molecule has 2 saturated heterocycles. The summed E-state index contributed by atoms with van der Waals surface area (Å²) in [6.45, 7) is 11.7. The van der Waals surface area contributed by atoms with E-state index in [0.29, 0.717) is 18.8 Å². The first-order valence-corrected chi connectivity index (χ1v) is 20.3. The Balaban J connectivity index is 1.46. The van der Waals surface area contributed by atoms with Crippen LogP contribution in [0.4, 0.5) is 4.79 Å². The van der Waals surface area contributed by atoms with Crippen molar-refractivity contribution in [2.75, 3.05) is 26.4 Å². The zero-order chi connectivity index (χ0) is 41.5. The van der Waals surface area contributed by atoms with Gasteiger partial charge in [-0.25, -0.2) is 14.4 Å². The van der Waals surface area contributed by atoms with E-state index in [4.69, 9.17) is 42.6 Å². The second kappa shape index (κ2) is 22.1. The van der Waals surface area contributed by atoms with Crippen molar-refractivity contribution in [3.05, 3.63) is 108 Å². The van der Waals surface area contributed by atoms with Crippen LogP contribution in [0.3, 0.4) is 0 Å². The topological polar surface area (TPSA) is 146 Å². The number of benzene rings is 3. The molecule has 2 aliphatic rings. The number of nitrogens with one attached hydrogen (secondary N) is 1. The Morgan fingerprint density at radius 3 is 1.86 bits per heavy atom. The lowest BCUT2D eigenvalue weighted by Gasteiger charge is -2.49. The minimum Gasteiger partial charge on any atom is -0.455 e. The molecule has 0 spiro atoms. The van der Waals surface area contributed by atoms with E-state index in [0.717, 1.165) is 31.2 Å². The molecule has 58 heavy (non-hydrogen) atoms. The van der Waals surface area contributed by atoms with E-state index in [9.17, 15) is 14.4 Å². The van der Waals surface area contributed by atoms with Crippen LogP contribution in [0.1, 0.15) is 99.8 Å². The van der Waals surface area contributed by atoms with Gasteiger partial charge in [0.05, 0.1) is 30.4 Å². The average molecular weight is 806 g/mol. The number of hydrogen-bond acceptors (Lipinski definition) is 12. The molecule has 0 aliphatic carbocycles. The molecule has 1 amide bonds. The monoisotopic (exact) mass is 805 g/mol. The summed E-state index contributed by atoms with van der Waals surface area (Å²) in [6.07, 6.45) is -3.97. The first-order chi connectivity index (χ1) is 28.0. The fourth-order valence-corrected chi connectivity index (χ4v) is 6.58. The Morgan fingerprint density at radius 2 is 1.29 bits per heavy atom. The molecule has 9 atom stereocenters. The van der Waals surface area contributed by atoms with Gasteiger partial charge in [0, 0.05) is 18.8 Å². The Kier molecular flexibility index (Phi) is 17.1. The number of esters is 2. The zero-order valence-electron chi connectivity index (χ0n) is 34.4. The van der Waals surface area contributed by atoms with Gasteiger partial charge in [0.2, 0.25) is 0 Å². The van der Waals surface area contributed by atoms with Crippen LogP contribution in [0, 0.1) is 0 Å². The molecule has 3 aromatic carbocycles. The van der Waals surface area contributed by atoms with E-state index in [-0.39, 0.29) is 18.8 Å². The highest BCUT2D eigenvalue weighted by Crippen LogP contribution is 2.37. The number of unbranched alkanes of at least 4 members (excludes halogenated alkanes) is 2. The van der Waals surface area contributed by atoms with Crippen molar-refractivity contribution in [3.63, 3.8) is 0 Å². The second-order valence-electron chi connectivity index (χ2n) is 15.4. The molecule has 5 rings (SSSR count). The van der Waals surface area contributed by atoms with Crippen LogP contribution in [0.15, 0.2) is 91.0 Å². The van der Waals surface area contributed by atoms with Crippen molar-refractivity contribution in [1.82, 2.24) is 5.32 Å². The maximum atomic E-state index is 13.7. The van der Waals surface area contributed by atoms with Crippen molar-refractivity contribution >= 4 is 18.0 Å². The summed E-state index contributed by atoms with van der Waals surface area (Å²) < 4.78 is 56.6. The van der Waals surface area contributed by atoms with Crippen LogP contribution in [0.5, 0.6) is 0 Å². The van der Waals surface area contributed by atoms with Crippen LogP contribution in [0.25, 0.3) is 0 Å². The molecular weight excluding hydrogens is 746 g/mol. The van der Waals surface area contributed by atoms with E-state index in [1.807, 2.05) is 30.3 Å². The number of ether oxygens (including phenoxy) is 9. The van der Waals surface area contributed by atoms with Crippen molar-refractivity contribution in [2.45, 2.75) is 128 Å². The SMILES string of the molecule is CCCCOC1C(OC[C@H](NC(=O)OC(C)(C)C)[C@H](OC(=O)c2ccccc2)[C@@H](C)OC(=O)c2ccccc2)OC2COC(c3ccccc3)OC2C1OCCCC. The Bertz CT molecular complexity index is 1690. The van der Waals surface area contributed by atoms with Crippen LogP contribution >= 0.6 is 0 Å². The lowest BCUT2D eigenvalue weighted by atomic mass is 9.97. The quantitative estimate of drug-likeness (QED) is 0.0724. The first kappa shape index (κ1) is 44.7.